The zero-order valence-corrected chi connectivity index (χ0v) is 10.9. The molecule has 2 unspecified atom stereocenters. The minimum atomic E-state index is -0.317. The van der Waals surface area contributed by atoms with Crippen molar-refractivity contribution in [1.29, 1.82) is 0 Å². The summed E-state index contributed by atoms with van der Waals surface area (Å²) in [5, 5.41) is 6.00. The summed E-state index contributed by atoms with van der Waals surface area (Å²) in [6, 6.07) is -0.317. The van der Waals surface area contributed by atoms with Crippen LogP contribution in [0, 0.1) is 5.92 Å². The minimum Gasteiger partial charge on any atom is -0.353 e. The fourth-order valence-corrected chi connectivity index (χ4v) is 2.38. The van der Waals surface area contributed by atoms with Gasteiger partial charge in [-0.15, -0.1) is 12.4 Å². The van der Waals surface area contributed by atoms with Crippen LogP contribution in [0.4, 0.5) is 0 Å². The van der Waals surface area contributed by atoms with E-state index in [9.17, 15) is 9.59 Å². The molecule has 2 N–H and O–H groups in total. The summed E-state index contributed by atoms with van der Waals surface area (Å²) < 4.78 is 0. The van der Waals surface area contributed by atoms with Crippen LogP contribution in [0.25, 0.3) is 0 Å². The lowest BCUT2D eigenvalue weighted by Crippen LogP contribution is -2.58. The highest BCUT2D eigenvalue weighted by Crippen LogP contribution is 2.16. The SMILES string of the molecule is CC1C(=O)NCCN1C(=O)C1CCCNC1.Cl. The van der Waals surface area contributed by atoms with E-state index in [0.717, 1.165) is 25.9 Å². The fraction of sp³-hybridized carbons (Fsp3) is 0.818. The predicted molar refractivity (Wildman–Crippen MR) is 67.0 cm³/mol. The Morgan fingerprint density at radius 3 is 2.82 bits per heavy atom. The van der Waals surface area contributed by atoms with E-state index in [1.54, 1.807) is 11.8 Å². The molecule has 2 rings (SSSR count). The summed E-state index contributed by atoms with van der Waals surface area (Å²) in [5.74, 6) is 0.153. The lowest BCUT2D eigenvalue weighted by atomic mass is 9.97. The number of hydrogen-bond donors (Lipinski definition) is 2. The highest BCUT2D eigenvalue weighted by atomic mass is 35.5. The molecule has 6 heteroatoms. The van der Waals surface area contributed by atoms with Gasteiger partial charge in [-0.05, 0) is 26.3 Å². The van der Waals surface area contributed by atoms with Crippen LogP contribution in [-0.4, -0.2) is 48.9 Å². The number of hydrogen-bond acceptors (Lipinski definition) is 3. The van der Waals surface area contributed by atoms with E-state index < -0.39 is 0 Å². The second kappa shape index (κ2) is 6.21. The first kappa shape index (κ1) is 14.3. The zero-order chi connectivity index (χ0) is 11.5. The van der Waals surface area contributed by atoms with Gasteiger partial charge in [0.25, 0.3) is 0 Å². The van der Waals surface area contributed by atoms with Crippen LogP contribution in [0.2, 0.25) is 0 Å². The van der Waals surface area contributed by atoms with E-state index in [1.807, 2.05) is 0 Å². The van der Waals surface area contributed by atoms with E-state index in [2.05, 4.69) is 10.6 Å². The molecule has 0 spiro atoms. The highest BCUT2D eigenvalue weighted by molar-refractivity contribution is 5.89. The summed E-state index contributed by atoms with van der Waals surface area (Å²) in [6.45, 7) is 4.77. The monoisotopic (exact) mass is 261 g/mol. The molecule has 0 radical (unpaired) electrons. The molecular weight excluding hydrogens is 242 g/mol. The van der Waals surface area contributed by atoms with E-state index in [1.165, 1.54) is 0 Å². The van der Waals surface area contributed by atoms with Crippen LogP contribution in [0.15, 0.2) is 0 Å². The van der Waals surface area contributed by atoms with E-state index in [-0.39, 0.29) is 36.2 Å². The molecule has 2 atom stereocenters. The Morgan fingerprint density at radius 1 is 1.41 bits per heavy atom. The maximum absolute atomic E-state index is 12.2. The van der Waals surface area contributed by atoms with Crippen LogP contribution < -0.4 is 10.6 Å². The standard InChI is InChI=1S/C11H19N3O2.ClH/c1-8-10(15)13-5-6-14(8)11(16)9-3-2-4-12-7-9;/h8-9,12H,2-7H2,1H3,(H,13,15);1H. The number of nitrogens with zero attached hydrogens (tertiary/aromatic N) is 1. The molecular formula is C11H20ClN3O2. The topological polar surface area (TPSA) is 61.4 Å². The number of carbonyl (C=O) groups excluding carboxylic acids is 2. The van der Waals surface area contributed by atoms with Gasteiger partial charge in [0.2, 0.25) is 11.8 Å². The Hall–Kier alpha value is -0.810. The number of nitrogens with one attached hydrogen (secondary N) is 2. The largest absolute Gasteiger partial charge is 0.353 e. The second-order valence-electron chi connectivity index (χ2n) is 4.54. The van der Waals surface area contributed by atoms with Gasteiger partial charge in [-0.2, -0.15) is 0 Å². The number of piperazine rings is 1. The molecule has 0 bridgehead atoms. The quantitative estimate of drug-likeness (QED) is 0.685. The highest BCUT2D eigenvalue weighted by Gasteiger charge is 2.33. The van der Waals surface area contributed by atoms with E-state index >= 15 is 0 Å². The number of halogens is 1. The predicted octanol–water partition coefficient (Wildman–Crippen LogP) is -0.245. The average molecular weight is 262 g/mol. The van der Waals surface area contributed by atoms with Crippen LogP contribution in [0.3, 0.4) is 0 Å². The lowest BCUT2D eigenvalue weighted by Gasteiger charge is -2.36. The molecule has 98 valence electrons. The normalized spacial score (nSPS) is 29.2. The molecule has 0 aromatic rings. The maximum atomic E-state index is 12.2. The van der Waals surface area contributed by atoms with Crippen molar-refractivity contribution in [2.24, 2.45) is 5.92 Å². The molecule has 2 fully saturated rings. The van der Waals surface area contributed by atoms with Gasteiger partial charge in [-0.3, -0.25) is 9.59 Å². The van der Waals surface area contributed by atoms with E-state index in [0.29, 0.717) is 13.1 Å². The summed E-state index contributed by atoms with van der Waals surface area (Å²) in [7, 11) is 0. The van der Waals surface area contributed by atoms with Gasteiger partial charge in [0.1, 0.15) is 6.04 Å². The summed E-state index contributed by atoms with van der Waals surface area (Å²) in [6.07, 6.45) is 1.99. The Morgan fingerprint density at radius 2 is 2.18 bits per heavy atom. The number of amides is 2. The van der Waals surface area contributed by atoms with Crippen LogP contribution in [-0.2, 0) is 9.59 Å². The van der Waals surface area contributed by atoms with Crippen LogP contribution in [0.1, 0.15) is 19.8 Å². The van der Waals surface area contributed by atoms with Crippen molar-refractivity contribution in [3.63, 3.8) is 0 Å². The third-order valence-corrected chi connectivity index (χ3v) is 3.43. The number of carbonyl (C=O) groups is 2. The van der Waals surface area contributed by atoms with Gasteiger partial charge >= 0.3 is 0 Å². The first-order chi connectivity index (χ1) is 7.70. The minimum absolute atomic E-state index is 0. The Balaban J connectivity index is 0.00000144. The molecule has 2 saturated heterocycles. The van der Waals surface area contributed by atoms with Crippen molar-refractivity contribution < 1.29 is 9.59 Å². The number of rotatable bonds is 1. The van der Waals surface area contributed by atoms with Crippen molar-refractivity contribution in [2.75, 3.05) is 26.2 Å². The molecule has 0 saturated carbocycles. The van der Waals surface area contributed by atoms with Crippen molar-refractivity contribution in [3.8, 4) is 0 Å². The molecule has 5 nitrogen and oxygen atoms in total. The molecule has 0 aromatic carbocycles. The van der Waals surface area contributed by atoms with Crippen LogP contribution in [0.5, 0.6) is 0 Å². The average Bonchev–Trinajstić information content (AvgIpc) is 2.33. The summed E-state index contributed by atoms with van der Waals surface area (Å²) >= 11 is 0. The van der Waals surface area contributed by atoms with E-state index in [4.69, 9.17) is 0 Å². The summed E-state index contributed by atoms with van der Waals surface area (Å²) in [5.41, 5.74) is 0. The first-order valence-corrected chi connectivity index (χ1v) is 5.99. The smallest absolute Gasteiger partial charge is 0.242 e. The van der Waals surface area contributed by atoms with Gasteiger partial charge in [0.05, 0.1) is 5.92 Å². The molecule has 2 heterocycles. The van der Waals surface area contributed by atoms with Crippen molar-refractivity contribution >= 4 is 24.2 Å². The third-order valence-electron chi connectivity index (χ3n) is 3.43. The van der Waals surface area contributed by atoms with Crippen molar-refractivity contribution in [2.45, 2.75) is 25.8 Å². The maximum Gasteiger partial charge on any atom is 0.242 e. The Kier molecular flexibility index (Phi) is 5.21. The molecule has 17 heavy (non-hydrogen) atoms. The third kappa shape index (κ3) is 3.10. The molecule has 0 aromatic heterocycles. The summed E-state index contributed by atoms with van der Waals surface area (Å²) in [4.78, 5) is 25.4. The van der Waals surface area contributed by atoms with Crippen LogP contribution >= 0.6 is 12.4 Å². The molecule has 2 aliphatic heterocycles. The molecule has 2 aliphatic rings. The van der Waals surface area contributed by atoms with Gasteiger partial charge < -0.3 is 15.5 Å². The fourth-order valence-electron chi connectivity index (χ4n) is 2.38. The number of piperidine rings is 1. The molecule has 0 aliphatic carbocycles. The Labute approximate surface area is 108 Å². The first-order valence-electron chi connectivity index (χ1n) is 5.99. The zero-order valence-electron chi connectivity index (χ0n) is 10.1. The van der Waals surface area contributed by atoms with Crippen molar-refractivity contribution in [1.82, 2.24) is 15.5 Å². The van der Waals surface area contributed by atoms with Gasteiger partial charge in [-0.1, -0.05) is 0 Å². The van der Waals surface area contributed by atoms with Gasteiger partial charge in [-0.25, -0.2) is 0 Å². The van der Waals surface area contributed by atoms with Crippen molar-refractivity contribution in [3.05, 3.63) is 0 Å². The van der Waals surface area contributed by atoms with Gasteiger partial charge in [0.15, 0.2) is 0 Å². The Bertz CT molecular complexity index is 292. The van der Waals surface area contributed by atoms with Gasteiger partial charge in [0, 0.05) is 19.6 Å². The lowest BCUT2D eigenvalue weighted by molar-refractivity contribution is -0.145. The molecule has 2 amide bonds. The second-order valence-corrected chi connectivity index (χ2v) is 4.54.